The summed E-state index contributed by atoms with van der Waals surface area (Å²) in [4.78, 5) is 5.19. The summed E-state index contributed by atoms with van der Waals surface area (Å²) in [6.07, 6.45) is 7.06. The van der Waals surface area contributed by atoms with Crippen LogP contribution in [-0.4, -0.2) is 20.9 Å². The van der Waals surface area contributed by atoms with Crippen LogP contribution in [0.1, 0.15) is 113 Å². The fourth-order valence-electron chi connectivity index (χ4n) is 5.33. The van der Waals surface area contributed by atoms with Gasteiger partial charge in [0.05, 0.1) is 24.0 Å². The van der Waals surface area contributed by atoms with Crippen molar-refractivity contribution in [2.45, 2.75) is 111 Å². The molecular weight excluding hydrogens is 430 g/mol. The van der Waals surface area contributed by atoms with Gasteiger partial charge in [-0.2, -0.15) is 5.10 Å². The highest BCUT2D eigenvalue weighted by Gasteiger charge is 2.23. The second-order valence-corrected chi connectivity index (χ2v) is 10.7. The van der Waals surface area contributed by atoms with Gasteiger partial charge in [0.2, 0.25) is 0 Å². The molecule has 0 bridgehead atoms. The number of aromatic nitrogens is 3. The highest BCUT2D eigenvalue weighted by molar-refractivity contribution is 5.70. The monoisotopic (exact) mass is 473 g/mol. The number of aryl methyl sites for hydroxylation is 3. The Morgan fingerprint density at radius 3 is 2.20 bits per heavy atom. The predicted molar refractivity (Wildman–Crippen MR) is 146 cm³/mol. The van der Waals surface area contributed by atoms with Crippen LogP contribution in [0.2, 0.25) is 0 Å². The fraction of sp³-hybridized carbons (Fsp3) is 0.548. The average molecular weight is 474 g/mol. The molecule has 35 heavy (non-hydrogen) atoms. The van der Waals surface area contributed by atoms with Crippen LogP contribution in [0.15, 0.2) is 30.3 Å². The lowest BCUT2D eigenvalue weighted by Gasteiger charge is -2.21. The summed E-state index contributed by atoms with van der Waals surface area (Å²) in [6.45, 7) is 16.2. The fourth-order valence-corrected chi connectivity index (χ4v) is 5.33. The topological polar surface area (TPSA) is 39.9 Å². The Labute approximate surface area is 212 Å². The zero-order valence-corrected chi connectivity index (χ0v) is 22.8. The highest BCUT2D eigenvalue weighted by atomic mass is 16.5. The Bertz CT molecular complexity index is 1130. The van der Waals surface area contributed by atoms with Crippen LogP contribution in [0.3, 0.4) is 0 Å². The Kier molecular flexibility index (Phi) is 7.98. The molecule has 0 spiro atoms. The van der Waals surface area contributed by atoms with Gasteiger partial charge in [-0.05, 0) is 74.5 Å². The normalized spacial score (nSPS) is 14.4. The summed E-state index contributed by atoms with van der Waals surface area (Å²) in [7, 11) is 0. The van der Waals surface area contributed by atoms with Crippen LogP contribution in [0.25, 0.3) is 11.3 Å². The van der Waals surface area contributed by atoms with E-state index in [1.54, 1.807) is 0 Å². The van der Waals surface area contributed by atoms with Crippen molar-refractivity contribution in [2.24, 2.45) is 0 Å². The van der Waals surface area contributed by atoms with Gasteiger partial charge in [-0.25, -0.2) is 0 Å². The predicted octanol–water partition coefficient (Wildman–Crippen LogP) is 7.99. The molecular formula is C31H43N3O. The molecule has 188 valence electrons. The Balaban J connectivity index is 1.83. The Morgan fingerprint density at radius 1 is 0.971 bits per heavy atom. The van der Waals surface area contributed by atoms with Crippen LogP contribution in [0, 0.1) is 6.92 Å². The van der Waals surface area contributed by atoms with Gasteiger partial charge in [0.15, 0.2) is 0 Å². The smallest absolute Gasteiger partial charge is 0.128 e. The molecule has 0 unspecified atom stereocenters. The van der Waals surface area contributed by atoms with E-state index >= 15 is 0 Å². The van der Waals surface area contributed by atoms with Gasteiger partial charge in [-0.15, -0.1) is 0 Å². The maximum atomic E-state index is 6.74. The van der Waals surface area contributed by atoms with Crippen molar-refractivity contribution in [2.75, 3.05) is 0 Å². The minimum Gasteiger partial charge on any atom is -0.490 e. The van der Waals surface area contributed by atoms with E-state index in [1.807, 2.05) is 0 Å². The van der Waals surface area contributed by atoms with Gasteiger partial charge in [-0.1, -0.05) is 59.7 Å². The number of benzene rings is 1. The van der Waals surface area contributed by atoms with Gasteiger partial charge < -0.3 is 4.74 Å². The van der Waals surface area contributed by atoms with Crippen LogP contribution in [0.5, 0.6) is 5.75 Å². The molecule has 0 N–H and O–H groups in total. The molecule has 3 aromatic rings. The third kappa shape index (κ3) is 5.47. The van der Waals surface area contributed by atoms with Crippen molar-refractivity contribution in [3.63, 3.8) is 0 Å². The number of hydrogen-bond donors (Lipinski definition) is 0. The van der Waals surface area contributed by atoms with Crippen molar-refractivity contribution in [1.82, 2.24) is 14.8 Å². The van der Waals surface area contributed by atoms with Gasteiger partial charge in [0.25, 0.3) is 0 Å². The first-order chi connectivity index (χ1) is 16.8. The van der Waals surface area contributed by atoms with E-state index in [4.69, 9.17) is 14.8 Å². The third-order valence-electron chi connectivity index (χ3n) is 7.46. The maximum Gasteiger partial charge on any atom is 0.128 e. The Hall–Kier alpha value is -2.62. The van der Waals surface area contributed by atoms with Gasteiger partial charge >= 0.3 is 0 Å². The molecule has 0 radical (unpaired) electrons. The van der Waals surface area contributed by atoms with Crippen molar-refractivity contribution < 1.29 is 4.74 Å². The molecule has 2 heterocycles. The third-order valence-corrected chi connectivity index (χ3v) is 7.46. The van der Waals surface area contributed by atoms with Crippen LogP contribution in [-0.2, 0) is 19.4 Å². The number of hydrogen-bond acceptors (Lipinski definition) is 3. The van der Waals surface area contributed by atoms with Crippen LogP contribution >= 0.6 is 0 Å². The van der Waals surface area contributed by atoms with Crippen LogP contribution in [0.4, 0.5) is 0 Å². The Morgan fingerprint density at radius 2 is 1.63 bits per heavy atom. The quantitative estimate of drug-likeness (QED) is 0.316. The molecule has 1 saturated carbocycles. The highest BCUT2D eigenvalue weighted by Crippen LogP contribution is 2.36. The molecule has 0 saturated heterocycles. The number of nitrogens with zero attached hydrogens (tertiary/aromatic N) is 3. The lowest BCUT2D eigenvalue weighted by atomic mass is 9.94. The summed E-state index contributed by atoms with van der Waals surface area (Å²) in [5, 5.41) is 5.01. The first-order valence-electron chi connectivity index (χ1n) is 13.7. The van der Waals surface area contributed by atoms with Gasteiger partial charge in [0, 0.05) is 28.6 Å². The van der Waals surface area contributed by atoms with Gasteiger partial charge in [0.1, 0.15) is 5.75 Å². The first kappa shape index (κ1) is 25.5. The maximum absolute atomic E-state index is 6.74. The molecule has 4 rings (SSSR count). The minimum atomic E-state index is 0.295. The van der Waals surface area contributed by atoms with E-state index < -0.39 is 0 Å². The SMILES string of the molecule is CCc1cccc(CC)c1-c1cc(OC2CCCC2)c(Cn2nc(C(C)C)cc2C(C)C)c(C)n1. The number of rotatable bonds is 9. The van der Waals surface area contributed by atoms with Crippen molar-refractivity contribution in [3.05, 3.63) is 64.1 Å². The first-order valence-corrected chi connectivity index (χ1v) is 13.7. The standard InChI is InChI=1S/C31H43N3O/c1-8-23-13-12-14-24(9-2)31(23)28-18-30(35-25-15-10-11-16-25)26(22(7)32-28)19-34-29(21(5)6)17-27(33-34)20(3)4/h12-14,17-18,20-21,25H,8-11,15-16,19H2,1-7H3. The summed E-state index contributed by atoms with van der Waals surface area (Å²) in [5.74, 6) is 1.80. The van der Waals surface area contributed by atoms with Crippen molar-refractivity contribution in [1.29, 1.82) is 0 Å². The zero-order chi connectivity index (χ0) is 25.1. The van der Waals surface area contributed by atoms with E-state index in [9.17, 15) is 0 Å². The zero-order valence-electron chi connectivity index (χ0n) is 22.8. The molecule has 1 aliphatic rings. The molecule has 0 aliphatic heterocycles. The van der Waals surface area contributed by atoms with E-state index in [2.05, 4.69) is 83.5 Å². The lowest BCUT2D eigenvalue weighted by Crippen LogP contribution is -2.16. The second-order valence-electron chi connectivity index (χ2n) is 10.7. The van der Waals surface area contributed by atoms with Crippen molar-refractivity contribution in [3.8, 4) is 17.0 Å². The largest absolute Gasteiger partial charge is 0.490 e. The molecule has 0 atom stereocenters. The van der Waals surface area contributed by atoms with Crippen LogP contribution < -0.4 is 4.74 Å². The summed E-state index contributed by atoms with van der Waals surface area (Å²) in [5.41, 5.74) is 9.66. The van der Waals surface area contributed by atoms with Gasteiger partial charge in [-0.3, -0.25) is 9.67 Å². The summed E-state index contributed by atoms with van der Waals surface area (Å²) < 4.78 is 8.93. The number of pyridine rings is 1. The van der Waals surface area contributed by atoms with E-state index in [0.29, 0.717) is 24.5 Å². The van der Waals surface area contributed by atoms with E-state index in [-0.39, 0.29) is 0 Å². The van der Waals surface area contributed by atoms with E-state index in [0.717, 1.165) is 54.1 Å². The molecule has 2 aromatic heterocycles. The lowest BCUT2D eigenvalue weighted by molar-refractivity contribution is 0.207. The number of ether oxygens (including phenoxy) is 1. The van der Waals surface area contributed by atoms with Crippen molar-refractivity contribution >= 4 is 0 Å². The molecule has 4 nitrogen and oxygen atoms in total. The molecule has 1 aromatic carbocycles. The summed E-state index contributed by atoms with van der Waals surface area (Å²) >= 11 is 0. The molecule has 4 heteroatoms. The second kappa shape index (κ2) is 11.0. The molecule has 0 amide bonds. The summed E-state index contributed by atoms with van der Waals surface area (Å²) in [6, 6.07) is 11.1. The average Bonchev–Trinajstić information content (AvgIpc) is 3.50. The minimum absolute atomic E-state index is 0.295. The molecule has 1 fully saturated rings. The van der Waals surface area contributed by atoms with E-state index in [1.165, 1.54) is 35.2 Å². The molecule has 1 aliphatic carbocycles.